The Morgan fingerprint density at radius 2 is 2.18 bits per heavy atom. The third-order valence-corrected chi connectivity index (χ3v) is 4.14. The maximum Gasteiger partial charge on any atom is 0.224 e. The van der Waals surface area contributed by atoms with Crippen LogP contribution in [-0.2, 0) is 4.79 Å². The van der Waals surface area contributed by atoms with Crippen LogP contribution in [0.2, 0.25) is 0 Å². The van der Waals surface area contributed by atoms with Crippen molar-refractivity contribution in [3.63, 3.8) is 0 Å². The van der Waals surface area contributed by atoms with Crippen LogP contribution in [0, 0.1) is 11.3 Å². The van der Waals surface area contributed by atoms with Crippen LogP contribution in [0.1, 0.15) is 39.5 Å². The second-order valence-electron chi connectivity index (χ2n) is 5.13. The van der Waals surface area contributed by atoms with E-state index in [9.17, 15) is 9.90 Å². The lowest BCUT2D eigenvalue weighted by atomic mass is 9.83. The average Bonchev–Trinajstić information content (AvgIpc) is 2.41. The smallest absolute Gasteiger partial charge is 0.224 e. The van der Waals surface area contributed by atoms with Crippen LogP contribution in [0.4, 0.5) is 0 Å². The number of amides is 1. The van der Waals surface area contributed by atoms with E-state index in [1.54, 1.807) is 0 Å². The van der Waals surface area contributed by atoms with Gasteiger partial charge in [0.1, 0.15) is 0 Å². The lowest BCUT2D eigenvalue weighted by molar-refractivity contribution is -0.126. The van der Waals surface area contributed by atoms with Gasteiger partial charge < -0.3 is 15.7 Å². The van der Waals surface area contributed by atoms with Crippen molar-refractivity contribution in [2.75, 3.05) is 26.2 Å². The standard InChI is InChI=1S/C13H26N2O2/c1-3-13(4-2,10-16)9-15-12(17)11-6-5-7-14-8-11/h11,14,16H,3-10H2,1-2H3,(H,15,17). The Balaban J connectivity index is 2.40. The Morgan fingerprint density at radius 3 is 2.65 bits per heavy atom. The first-order chi connectivity index (χ1) is 8.17. The molecule has 0 spiro atoms. The Bertz CT molecular complexity index is 225. The Hall–Kier alpha value is -0.610. The number of rotatable bonds is 6. The van der Waals surface area contributed by atoms with E-state index in [0.717, 1.165) is 38.8 Å². The quantitative estimate of drug-likeness (QED) is 0.648. The molecule has 1 rings (SSSR count). The summed E-state index contributed by atoms with van der Waals surface area (Å²) in [5, 5.41) is 15.7. The zero-order valence-corrected chi connectivity index (χ0v) is 11.1. The minimum atomic E-state index is -0.141. The topological polar surface area (TPSA) is 61.4 Å². The highest BCUT2D eigenvalue weighted by atomic mass is 16.3. The van der Waals surface area contributed by atoms with Crippen molar-refractivity contribution in [2.45, 2.75) is 39.5 Å². The van der Waals surface area contributed by atoms with Crippen LogP contribution in [0.15, 0.2) is 0 Å². The predicted octanol–water partition coefficient (Wildman–Crippen LogP) is 0.901. The van der Waals surface area contributed by atoms with E-state index in [4.69, 9.17) is 0 Å². The van der Waals surface area contributed by atoms with Gasteiger partial charge in [0.15, 0.2) is 0 Å². The normalized spacial score (nSPS) is 21.2. The van der Waals surface area contributed by atoms with Crippen molar-refractivity contribution in [1.29, 1.82) is 0 Å². The van der Waals surface area contributed by atoms with Crippen molar-refractivity contribution in [1.82, 2.24) is 10.6 Å². The van der Waals surface area contributed by atoms with Gasteiger partial charge in [-0.3, -0.25) is 4.79 Å². The molecule has 1 saturated heterocycles. The van der Waals surface area contributed by atoms with E-state index in [2.05, 4.69) is 24.5 Å². The third kappa shape index (κ3) is 3.96. The zero-order valence-electron chi connectivity index (χ0n) is 11.1. The Labute approximate surface area is 104 Å². The van der Waals surface area contributed by atoms with Gasteiger partial charge in [0.05, 0.1) is 12.5 Å². The first-order valence-corrected chi connectivity index (χ1v) is 6.76. The number of aliphatic hydroxyl groups excluding tert-OH is 1. The second-order valence-corrected chi connectivity index (χ2v) is 5.13. The average molecular weight is 242 g/mol. The number of hydrogen-bond donors (Lipinski definition) is 3. The lowest BCUT2D eigenvalue weighted by Crippen LogP contribution is -2.45. The van der Waals surface area contributed by atoms with Gasteiger partial charge in [0.2, 0.25) is 5.91 Å². The van der Waals surface area contributed by atoms with Crippen LogP contribution in [0.3, 0.4) is 0 Å². The second kappa shape index (κ2) is 6.97. The van der Waals surface area contributed by atoms with Crippen molar-refractivity contribution in [2.24, 2.45) is 11.3 Å². The van der Waals surface area contributed by atoms with E-state index in [-0.39, 0.29) is 23.8 Å². The molecule has 4 heteroatoms. The van der Waals surface area contributed by atoms with E-state index in [1.807, 2.05) is 0 Å². The highest BCUT2D eigenvalue weighted by molar-refractivity contribution is 5.79. The van der Waals surface area contributed by atoms with E-state index in [1.165, 1.54) is 0 Å². The summed E-state index contributed by atoms with van der Waals surface area (Å²) in [5.74, 6) is 0.241. The number of hydrogen-bond acceptors (Lipinski definition) is 3. The summed E-state index contributed by atoms with van der Waals surface area (Å²) in [6.07, 6.45) is 3.83. The molecule has 0 bridgehead atoms. The summed E-state index contributed by atoms with van der Waals surface area (Å²) in [7, 11) is 0. The van der Waals surface area contributed by atoms with Gasteiger partial charge in [0, 0.05) is 18.5 Å². The van der Waals surface area contributed by atoms with Crippen molar-refractivity contribution < 1.29 is 9.90 Å². The summed E-state index contributed by atoms with van der Waals surface area (Å²) in [5.41, 5.74) is -0.141. The molecular formula is C13H26N2O2. The Kier molecular flexibility index (Phi) is 5.92. The highest BCUT2D eigenvalue weighted by Gasteiger charge is 2.28. The van der Waals surface area contributed by atoms with E-state index in [0.29, 0.717) is 6.54 Å². The Morgan fingerprint density at radius 1 is 1.47 bits per heavy atom. The third-order valence-electron chi connectivity index (χ3n) is 4.14. The molecule has 0 aromatic rings. The van der Waals surface area contributed by atoms with Crippen molar-refractivity contribution in [3.8, 4) is 0 Å². The zero-order chi connectivity index (χ0) is 12.7. The highest BCUT2D eigenvalue weighted by Crippen LogP contribution is 2.24. The number of nitrogens with one attached hydrogen (secondary N) is 2. The summed E-state index contributed by atoms with van der Waals surface area (Å²) in [4.78, 5) is 12.0. The molecular weight excluding hydrogens is 216 g/mol. The van der Waals surface area contributed by atoms with E-state index >= 15 is 0 Å². The van der Waals surface area contributed by atoms with Crippen LogP contribution in [-0.4, -0.2) is 37.3 Å². The van der Waals surface area contributed by atoms with Gasteiger partial charge in [-0.15, -0.1) is 0 Å². The minimum Gasteiger partial charge on any atom is -0.396 e. The minimum absolute atomic E-state index is 0.105. The summed E-state index contributed by atoms with van der Waals surface area (Å²) < 4.78 is 0. The molecule has 1 aliphatic heterocycles. The molecule has 0 aromatic carbocycles. The van der Waals surface area contributed by atoms with Gasteiger partial charge in [-0.1, -0.05) is 13.8 Å². The fourth-order valence-corrected chi connectivity index (χ4v) is 2.27. The van der Waals surface area contributed by atoms with Crippen molar-refractivity contribution >= 4 is 5.91 Å². The molecule has 3 N–H and O–H groups in total. The molecule has 1 atom stereocenters. The van der Waals surface area contributed by atoms with Gasteiger partial charge in [0.25, 0.3) is 0 Å². The van der Waals surface area contributed by atoms with Crippen LogP contribution in [0.25, 0.3) is 0 Å². The fourth-order valence-electron chi connectivity index (χ4n) is 2.27. The molecule has 1 amide bonds. The molecule has 0 radical (unpaired) electrons. The maximum atomic E-state index is 12.0. The van der Waals surface area contributed by atoms with Crippen LogP contribution >= 0.6 is 0 Å². The largest absolute Gasteiger partial charge is 0.396 e. The molecule has 1 unspecified atom stereocenters. The molecule has 0 aliphatic carbocycles. The monoisotopic (exact) mass is 242 g/mol. The summed E-state index contributed by atoms with van der Waals surface area (Å²) >= 11 is 0. The summed E-state index contributed by atoms with van der Waals surface area (Å²) in [6, 6.07) is 0. The molecule has 17 heavy (non-hydrogen) atoms. The summed E-state index contributed by atoms with van der Waals surface area (Å²) in [6.45, 7) is 6.67. The predicted molar refractivity (Wildman–Crippen MR) is 68.7 cm³/mol. The number of piperidine rings is 1. The van der Waals surface area contributed by atoms with Gasteiger partial charge in [-0.05, 0) is 32.2 Å². The molecule has 0 saturated carbocycles. The molecule has 1 aliphatic rings. The molecule has 1 fully saturated rings. The molecule has 100 valence electrons. The molecule has 0 aromatic heterocycles. The lowest BCUT2D eigenvalue weighted by Gasteiger charge is -2.31. The number of aliphatic hydroxyl groups is 1. The SMILES string of the molecule is CCC(CC)(CO)CNC(=O)C1CCCNC1. The van der Waals surface area contributed by atoms with Crippen LogP contribution < -0.4 is 10.6 Å². The van der Waals surface area contributed by atoms with Crippen molar-refractivity contribution in [3.05, 3.63) is 0 Å². The van der Waals surface area contributed by atoms with Crippen LogP contribution in [0.5, 0.6) is 0 Å². The van der Waals surface area contributed by atoms with Gasteiger partial charge in [-0.2, -0.15) is 0 Å². The number of carbonyl (C=O) groups is 1. The first-order valence-electron chi connectivity index (χ1n) is 6.76. The van der Waals surface area contributed by atoms with E-state index < -0.39 is 0 Å². The van der Waals surface area contributed by atoms with Gasteiger partial charge in [-0.25, -0.2) is 0 Å². The molecule has 4 nitrogen and oxygen atoms in total. The molecule has 1 heterocycles. The fraction of sp³-hybridized carbons (Fsp3) is 0.923. The maximum absolute atomic E-state index is 12.0. The number of carbonyl (C=O) groups excluding carboxylic acids is 1. The first kappa shape index (κ1) is 14.5. The van der Waals surface area contributed by atoms with Gasteiger partial charge >= 0.3 is 0 Å².